The zero-order chi connectivity index (χ0) is 21.1. The van der Waals surface area contributed by atoms with E-state index in [1.54, 1.807) is 48.5 Å². The van der Waals surface area contributed by atoms with Crippen LogP contribution in [0.5, 0.6) is 0 Å². The average molecular weight is 481 g/mol. The Kier molecular flexibility index (Phi) is 5.93. The number of aromatic nitrogens is 1. The maximum absolute atomic E-state index is 12.9. The first-order valence-electron chi connectivity index (χ1n) is 9.13. The van der Waals surface area contributed by atoms with Crippen molar-refractivity contribution < 1.29 is 14.3 Å². The molecule has 0 atom stereocenters. The number of esters is 1. The molecule has 1 aromatic heterocycles. The highest BCUT2D eigenvalue weighted by Crippen LogP contribution is 2.26. The summed E-state index contributed by atoms with van der Waals surface area (Å²) in [6.45, 7) is -0.340. The number of hydrogen-bond acceptors (Lipinski definition) is 4. The number of rotatable bonds is 5. The van der Waals surface area contributed by atoms with Gasteiger partial charge in [0.1, 0.15) is 0 Å². The van der Waals surface area contributed by atoms with E-state index in [1.807, 2.05) is 30.3 Å². The predicted molar refractivity (Wildman–Crippen MR) is 121 cm³/mol. The van der Waals surface area contributed by atoms with E-state index < -0.39 is 5.97 Å². The first-order valence-corrected chi connectivity index (χ1v) is 10.3. The first kappa shape index (κ1) is 20.3. The molecule has 148 valence electrons. The number of carbonyl (C=O) groups excluding carboxylic acids is 2. The van der Waals surface area contributed by atoms with E-state index in [1.165, 1.54) is 0 Å². The molecule has 6 heteroatoms. The van der Waals surface area contributed by atoms with Crippen LogP contribution in [0.2, 0.25) is 5.02 Å². The summed E-state index contributed by atoms with van der Waals surface area (Å²) < 4.78 is 6.21. The number of benzene rings is 3. The molecule has 4 aromatic rings. The van der Waals surface area contributed by atoms with Crippen LogP contribution in [0, 0.1) is 0 Å². The van der Waals surface area contributed by atoms with Crippen molar-refractivity contribution in [1.29, 1.82) is 0 Å². The maximum Gasteiger partial charge on any atom is 0.339 e. The van der Waals surface area contributed by atoms with Crippen LogP contribution in [0.15, 0.2) is 83.3 Å². The third-order valence-corrected chi connectivity index (χ3v) is 5.36. The van der Waals surface area contributed by atoms with Crippen LogP contribution in [-0.2, 0) is 4.74 Å². The van der Waals surface area contributed by atoms with Gasteiger partial charge in [0.25, 0.3) is 0 Å². The van der Waals surface area contributed by atoms with Gasteiger partial charge in [0, 0.05) is 26.0 Å². The van der Waals surface area contributed by atoms with Gasteiger partial charge in [0.05, 0.1) is 16.8 Å². The van der Waals surface area contributed by atoms with E-state index in [-0.39, 0.29) is 12.4 Å². The highest BCUT2D eigenvalue weighted by Gasteiger charge is 2.17. The molecule has 0 aliphatic carbocycles. The second-order valence-electron chi connectivity index (χ2n) is 6.59. The highest BCUT2D eigenvalue weighted by atomic mass is 79.9. The van der Waals surface area contributed by atoms with Crippen molar-refractivity contribution in [3.8, 4) is 11.3 Å². The Morgan fingerprint density at radius 2 is 1.63 bits per heavy atom. The van der Waals surface area contributed by atoms with Gasteiger partial charge >= 0.3 is 5.97 Å². The van der Waals surface area contributed by atoms with E-state index in [0.29, 0.717) is 32.7 Å². The van der Waals surface area contributed by atoms with Crippen LogP contribution in [0.25, 0.3) is 22.2 Å². The number of ketones is 1. The van der Waals surface area contributed by atoms with Crippen LogP contribution < -0.4 is 0 Å². The van der Waals surface area contributed by atoms with E-state index >= 15 is 0 Å². The Hall–Kier alpha value is -3.02. The summed E-state index contributed by atoms with van der Waals surface area (Å²) >= 11 is 9.31. The number of fused-ring (bicyclic) bond motifs is 1. The van der Waals surface area contributed by atoms with Crippen LogP contribution in [-0.4, -0.2) is 23.3 Å². The normalized spacial score (nSPS) is 10.7. The summed E-state index contributed by atoms with van der Waals surface area (Å²) in [5.41, 5.74) is 2.94. The number of Topliss-reactive ketones (excluding diaryl/α,β-unsaturated/α-hetero) is 1. The molecule has 0 bridgehead atoms. The van der Waals surface area contributed by atoms with Crippen molar-refractivity contribution in [3.63, 3.8) is 0 Å². The second-order valence-corrected chi connectivity index (χ2v) is 7.94. The van der Waals surface area contributed by atoms with Crippen LogP contribution in [0.3, 0.4) is 0 Å². The summed E-state index contributed by atoms with van der Waals surface area (Å²) in [7, 11) is 0. The molecule has 0 saturated carbocycles. The molecule has 0 saturated heterocycles. The van der Waals surface area contributed by atoms with E-state index in [0.717, 1.165) is 10.0 Å². The van der Waals surface area contributed by atoms with Crippen molar-refractivity contribution >= 4 is 50.2 Å². The minimum Gasteiger partial charge on any atom is -0.454 e. The Morgan fingerprint density at radius 3 is 2.37 bits per heavy atom. The molecule has 0 amide bonds. The fourth-order valence-electron chi connectivity index (χ4n) is 3.04. The molecule has 4 rings (SSSR count). The quantitative estimate of drug-likeness (QED) is 0.246. The first-order chi connectivity index (χ1) is 14.5. The van der Waals surface area contributed by atoms with Gasteiger partial charge < -0.3 is 4.74 Å². The number of pyridine rings is 1. The number of carbonyl (C=O) groups is 2. The monoisotopic (exact) mass is 479 g/mol. The Morgan fingerprint density at radius 1 is 0.933 bits per heavy atom. The Labute approximate surface area is 186 Å². The summed E-state index contributed by atoms with van der Waals surface area (Å²) in [5, 5.41) is 1.28. The molecule has 0 aliphatic rings. The fraction of sp³-hybridized carbons (Fsp3) is 0.0417. The van der Waals surface area contributed by atoms with Gasteiger partial charge in [0.2, 0.25) is 0 Å². The second kappa shape index (κ2) is 8.78. The molecular weight excluding hydrogens is 466 g/mol. The molecular formula is C24H15BrClNO3. The molecule has 0 spiro atoms. The topological polar surface area (TPSA) is 56.3 Å². The van der Waals surface area contributed by atoms with Crippen molar-refractivity contribution in [3.05, 3.63) is 99.5 Å². The van der Waals surface area contributed by atoms with Gasteiger partial charge in [-0.1, -0.05) is 70.0 Å². The number of para-hydroxylation sites is 1. The minimum absolute atomic E-state index is 0.271. The van der Waals surface area contributed by atoms with Crippen molar-refractivity contribution in [2.75, 3.05) is 6.61 Å². The molecule has 0 radical (unpaired) electrons. The van der Waals surface area contributed by atoms with Crippen molar-refractivity contribution in [2.24, 2.45) is 0 Å². The van der Waals surface area contributed by atoms with Crippen LogP contribution in [0.4, 0.5) is 0 Å². The molecule has 1 heterocycles. The summed E-state index contributed by atoms with van der Waals surface area (Å²) in [6, 6.07) is 23.1. The highest BCUT2D eigenvalue weighted by molar-refractivity contribution is 9.10. The van der Waals surface area contributed by atoms with Gasteiger partial charge in [0.15, 0.2) is 12.4 Å². The fourth-order valence-corrected chi connectivity index (χ4v) is 3.43. The number of halogens is 2. The van der Waals surface area contributed by atoms with Gasteiger partial charge in [-0.25, -0.2) is 9.78 Å². The average Bonchev–Trinajstić information content (AvgIpc) is 2.77. The molecule has 0 fully saturated rings. The third kappa shape index (κ3) is 4.42. The van der Waals surface area contributed by atoms with Crippen LogP contribution in [0.1, 0.15) is 20.7 Å². The molecule has 0 N–H and O–H groups in total. The van der Waals surface area contributed by atoms with Crippen molar-refractivity contribution in [2.45, 2.75) is 0 Å². The zero-order valence-electron chi connectivity index (χ0n) is 15.6. The van der Waals surface area contributed by atoms with Gasteiger partial charge in [-0.05, 0) is 36.4 Å². The smallest absolute Gasteiger partial charge is 0.339 e. The lowest BCUT2D eigenvalue weighted by Crippen LogP contribution is -2.15. The predicted octanol–water partition coefficient (Wildman–Crippen LogP) is 6.36. The number of hydrogen-bond donors (Lipinski definition) is 0. The summed E-state index contributed by atoms with van der Waals surface area (Å²) in [4.78, 5) is 29.9. The third-order valence-electron chi connectivity index (χ3n) is 4.58. The standard InChI is InChI=1S/C24H15BrClNO3/c25-17-9-5-16(6-10-17)23(28)14-30-24(29)20-13-22(15-7-11-18(26)12-8-15)27-21-4-2-1-3-19(20)21/h1-13H,14H2. The Bertz CT molecular complexity index is 1240. The molecule has 0 aliphatic heterocycles. The molecule has 3 aromatic carbocycles. The lowest BCUT2D eigenvalue weighted by Gasteiger charge is -2.10. The van der Waals surface area contributed by atoms with Crippen molar-refractivity contribution in [1.82, 2.24) is 4.98 Å². The molecule has 30 heavy (non-hydrogen) atoms. The van der Waals surface area contributed by atoms with E-state index in [4.69, 9.17) is 16.3 Å². The zero-order valence-corrected chi connectivity index (χ0v) is 18.0. The molecule has 0 unspecified atom stereocenters. The largest absolute Gasteiger partial charge is 0.454 e. The van der Waals surface area contributed by atoms with E-state index in [2.05, 4.69) is 20.9 Å². The lowest BCUT2D eigenvalue weighted by atomic mass is 10.0. The number of ether oxygens (including phenoxy) is 1. The maximum atomic E-state index is 12.9. The number of nitrogens with zero attached hydrogens (tertiary/aromatic N) is 1. The Balaban J connectivity index is 1.63. The summed E-state index contributed by atoms with van der Waals surface area (Å²) in [6.07, 6.45) is 0. The minimum atomic E-state index is -0.575. The lowest BCUT2D eigenvalue weighted by molar-refractivity contribution is 0.0476. The van der Waals surface area contributed by atoms with Gasteiger partial charge in [-0.3, -0.25) is 4.79 Å². The van der Waals surface area contributed by atoms with Gasteiger partial charge in [-0.2, -0.15) is 0 Å². The van der Waals surface area contributed by atoms with Crippen LogP contribution >= 0.6 is 27.5 Å². The van der Waals surface area contributed by atoms with Gasteiger partial charge in [-0.15, -0.1) is 0 Å². The molecule has 4 nitrogen and oxygen atoms in total. The van der Waals surface area contributed by atoms with E-state index in [9.17, 15) is 9.59 Å². The SMILES string of the molecule is O=C(COC(=O)c1cc(-c2ccc(Cl)cc2)nc2ccccc12)c1ccc(Br)cc1. The summed E-state index contributed by atoms with van der Waals surface area (Å²) in [5.74, 6) is -0.846.